The highest BCUT2D eigenvalue weighted by atomic mass is 19.4. The molecule has 0 spiro atoms. The third-order valence-electron chi connectivity index (χ3n) is 3.27. The molecule has 0 saturated heterocycles. The zero-order chi connectivity index (χ0) is 20.2. The topological polar surface area (TPSA) is 152 Å². The van der Waals surface area contributed by atoms with E-state index in [0.717, 1.165) is 12.1 Å². The molecule has 0 bridgehead atoms. The summed E-state index contributed by atoms with van der Waals surface area (Å²) in [5.74, 6) is 4.30. The average Bonchev–Trinajstić information content (AvgIpc) is 2.60. The van der Waals surface area contributed by atoms with E-state index in [1.165, 1.54) is 6.07 Å². The van der Waals surface area contributed by atoms with Crippen LogP contribution in [-0.4, -0.2) is 22.6 Å². The lowest BCUT2D eigenvalue weighted by atomic mass is 9.98. The van der Waals surface area contributed by atoms with Gasteiger partial charge in [0.05, 0.1) is 17.9 Å². The van der Waals surface area contributed by atoms with Gasteiger partial charge in [-0.3, -0.25) is 5.43 Å². The van der Waals surface area contributed by atoms with Gasteiger partial charge in [0.25, 0.3) is 0 Å². The minimum absolute atomic E-state index is 0.0895. The molecule has 0 aliphatic heterocycles. The zero-order valence-corrected chi connectivity index (χ0v) is 13.9. The molecule has 0 atom stereocenters. The van der Waals surface area contributed by atoms with Crippen LogP contribution in [0.25, 0.3) is 11.3 Å². The number of nitrogen functional groups attached to an aromatic ring is 1. The van der Waals surface area contributed by atoms with Crippen molar-refractivity contribution in [2.75, 3.05) is 17.7 Å². The van der Waals surface area contributed by atoms with Crippen LogP contribution in [0, 0.1) is 11.3 Å². The molecular formula is C15H14F3N7O2. The lowest BCUT2D eigenvalue weighted by Crippen LogP contribution is -2.34. The maximum Gasteiger partial charge on any atom is 0.417 e. The summed E-state index contributed by atoms with van der Waals surface area (Å²) >= 11 is 0. The van der Waals surface area contributed by atoms with Crippen molar-refractivity contribution in [3.05, 3.63) is 29.3 Å². The second-order valence-corrected chi connectivity index (χ2v) is 4.98. The number of rotatable bonds is 4. The third-order valence-corrected chi connectivity index (χ3v) is 3.27. The van der Waals surface area contributed by atoms with E-state index < -0.39 is 35.0 Å². The van der Waals surface area contributed by atoms with Gasteiger partial charge in [0.1, 0.15) is 17.3 Å². The normalized spacial score (nSPS) is 10.8. The molecule has 1 heterocycles. The van der Waals surface area contributed by atoms with E-state index >= 15 is 0 Å². The number of aromatic nitrogens is 2. The minimum atomic E-state index is -4.82. The Morgan fingerprint density at radius 3 is 2.63 bits per heavy atom. The maximum absolute atomic E-state index is 13.6. The first-order chi connectivity index (χ1) is 12.7. The number of benzene rings is 1. The van der Waals surface area contributed by atoms with Gasteiger partial charge >= 0.3 is 12.2 Å². The number of nitrogens with zero attached hydrogens (tertiary/aromatic N) is 3. The highest BCUT2D eigenvalue weighted by Crippen LogP contribution is 2.42. The third kappa shape index (κ3) is 4.15. The van der Waals surface area contributed by atoms with Crippen molar-refractivity contribution in [1.29, 1.82) is 5.26 Å². The number of hydrazine groups is 1. The summed E-state index contributed by atoms with van der Waals surface area (Å²) in [6.45, 7) is 1.69. The number of nitrogens with one attached hydrogen (secondary N) is 2. The van der Waals surface area contributed by atoms with Crippen LogP contribution in [0.4, 0.5) is 29.6 Å². The number of alkyl halides is 3. The summed E-state index contributed by atoms with van der Waals surface area (Å²) in [5.41, 5.74) is 4.52. The number of nitrogens with two attached hydrogens (primary N) is 2. The molecule has 1 aromatic heterocycles. The van der Waals surface area contributed by atoms with Crippen LogP contribution >= 0.6 is 0 Å². The van der Waals surface area contributed by atoms with Crippen LogP contribution in [0.5, 0.6) is 5.88 Å². The molecule has 2 rings (SSSR count). The van der Waals surface area contributed by atoms with Crippen LogP contribution in [-0.2, 0) is 6.18 Å². The molecule has 0 saturated carbocycles. The van der Waals surface area contributed by atoms with Gasteiger partial charge in [0, 0.05) is 5.56 Å². The van der Waals surface area contributed by atoms with Crippen molar-refractivity contribution in [2.24, 2.45) is 5.84 Å². The first-order valence-electron chi connectivity index (χ1n) is 7.41. The molecule has 0 radical (unpaired) electrons. The predicted octanol–water partition coefficient (Wildman–Crippen LogP) is 2.01. The number of urea groups is 1. The molecule has 2 aromatic rings. The number of carbonyl (C=O) groups excluding carboxylic acids is 1. The van der Waals surface area contributed by atoms with Gasteiger partial charge in [-0.25, -0.2) is 15.6 Å². The standard InChI is InChI=1S/C15H14F3N7O2/c1-2-27-12-7(6-19)11(23-13(20)24-12)10-8(15(16,17)18)4-3-5-9(10)22-14(26)25-21/h3-5H,2,21H2,1H3,(H2,20,23,24)(H2,22,25,26). The summed E-state index contributed by atoms with van der Waals surface area (Å²) in [7, 11) is 0. The summed E-state index contributed by atoms with van der Waals surface area (Å²) in [6.07, 6.45) is -4.82. The monoisotopic (exact) mass is 381 g/mol. The Kier molecular flexibility index (Phi) is 5.66. The van der Waals surface area contributed by atoms with E-state index in [-0.39, 0.29) is 23.7 Å². The number of anilines is 2. The fraction of sp³-hybridized carbons (Fsp3) is 0.200. The summed E-state index contributed by atoms with van der Waals surface area (Å²) in [6, 6.07) is 3.81. The zero-order valence-electron chi connectivity index (χ0n) is 13.9. The second-order valence-electron chi connectivity index (χ2n) is 4.98. The van der Waals surface area contributed by atoms with Crippen LogP contribution < -0.4 is 27.1 Å². The maximum atomic E-state index is 13.6. The van der Waals surface area contributed by atoms with Crippen LogP contribution in [0.2, 0.25) is 0 Å². The predicted molar refractivity (Wildman–Crippen MR) is 89.1 cm³/mol. The van der Waals surface area contributed by atoms with Gasteiger partial charge in [-0.15, -0.1) is 0 Å². The van der Waals surface area contributed by atoms with Crippen molar-refractivity contribution in [1.82, 2.24) is 15.4 Å². The van der Waals surface area contributed by atoms with Gasteiger partial charge in [0.2, 0.25) is 11.8 Å². The molecule has 0 aliphatic rings. The number of halogens is 3. The summed E-state index contributed by atoms with van der Waals surface area (Å²) in [4.78, 5) is 19.1. The first-order valence-corrected chi connectivity index (χ1v) is 7.41. The molecule has 142 valence electrons. The van der Waals surface area contributed by atoms with E-state index in [2.05, 4.69) is 15.3 Å². The number of hydrogen-bond acceptors (Lipinski definition) is 7. The fourth-order valence-corrected chi connectivity index (χ4v) is 2.29. The van der Waals surface area contributed by atoms with Crippen molar-refractivity contribution in [3.8, 4) is 23.2 Å². The van der Waals surface area contributed by atoms with E-state index in [9.17, 15) is 23.2 Å². The largest absolute Gasteiger partial charge is 0.477 e. The lowest BCUT2D eigenvalue weighted by Gasteiger charge is -2.18. The Bertz CT molecular complexity index is 910. The molecule has 2 amide bonds. The first kappa shape index (κ1) is 19.7. The molecule has 9 nitrogen and oxygen atoms in total. The fourth-order valence-electron chi connectivity index (χ4n) is 2.29. The van der Waals surface area contributed by atoms with Gasteiger partial charge < -0.3 is 15.8 Å². The van der Waals surface area contributed by atoms with E-state index in [0.29, 0.717) is 0 Å². The number of amides is 2. The van der Waals surface area contributed by atoms with Crippen molar-refractivity contribution in [2.45, 2.75) is 13.1 Å². The molecule has 12 heteroatoms. The molecule has 0 aliphatic carbocycles. The quantitative estimate of drug-likeness (QED) is 0.359. The molecule has 0 unspecified atom stereocenters. The van der Waals surface area contributed by atoms with Gasteiger partial charge in [-0.2, -0.15) is 23.4 Å². The number of nitriles is 1. The lowest BCUT2D eigenvalue weighted by molar-refractivity contribution is -0.137. The Hall–Kier alpha value is -3.59. The number of ether oxygens (including phenoxy) is 1. The highest BCUT2D eigenvalue weighted by molar-refractivity contribution is 5.95. The Labute approximate surface area is 151 Å². The van der Waals surface area contributed by atoms with Gasteiger partial charge in [-0.05, 0) is 19.1 Å². The summed E-state index contributed by atoms with van der Waals surface area (Å²) < 4.78 is 45.9. The van der Waals surface area contributed by atoms with Crippen molar-refractivity contribution >= 4 is 17.7 Å². The summed E-state index contributed by atoms with van der Waals surface area (Å²) in [5, 5.41) is 11.6. The molecule has 1 aromatic carbocycles. The Morgan fingerprint density at radius 1 is 1.37 bits per heavy atom. The van der Waals surface area contributed by atoms with Crippen molar-refractivity contribution < 1.29 is 22.7 Å². The Balaban J connectivity index is 2.88. The van der Waals surface area contributed by atoms with E-state index in [1.54, 1.807) is 18.4 Å². The molecular weight excluding hydrogens is 367 g/mol. The average molecular weight is 381 g/mol. The van der Waals surface area contributed by atoms with E-state index in [1.807, 2.05) is 0 Å². The van der Waals surface area contributed by atoms with Crippen LogP contribution in [0.1, 0.15) is 18.1 Å². The smallest absolute Gasteiger partial charge is 0.417 e. The second kappa shape index (κ2) is 7.75. The van der Waals surface area contributed by atoms with Gasteiger partial charge in [-0.1, -0.05) is 6.07 Å². The minimum Gasteiger partial charge on any atom is -0.477 e. The van der Waals surface area contributed by atoms with Crippen LogP contribution in [0.15, 0.2) is 18.2 Å². The van der Waals surface area contributed by atoms with Gasteiger partial charge in [0.15, 0.2) is 0 Å². The van der Waals surface area contributed by atoms with Crippen molar-refractivity contribution in [3.63, 3.8) is 0 Å². The number of hydrogen-bond donors (Lipinski definition) is 4. The molecule has 27 heavy (non-hydrogen) atoms. The number of carbonyl (C=O) groups is 1. The van der Waals surface area contributed by atoms with Crippen LogP contribution in [0.3, 0.4) is 0 Å². The Morgan fingerprint density at radius 2 is 2.07 bits per heavy atom. The highest BCUT2D eigenvalue weighted by Gasteiger charge is 2.36. The molecule has 0 fully saturated rings. The molecule has 6 N–H and O–H groups in total. The van der Waals surface area contributed by atoms with E-state index in [4.69, 9.17) is 16.3 Å². The SMILES string of the molecule is CCOc1nc(N)nc(-c2c(NC(=O)NN)cccc2C(F)(F)F)c1C#N.